The first-order valence-corrected chi connectivity index (χ1v) is 13.0. The van der Waals surface area contributed by atoms with Crippen molar-refractivity contribution in [3.05, 3.63) is 59.2 Å². The molecular weight excluding hydrogens is 408 g/mol. The van der Waals surface area contributed by atoms with Gasteiger partial charge in [0.05, 0.1) is 9.79 Å². The minimum Gasteiger partial charge on any atom is -0.207 e. The molecule has 1 heterocycles. The van der Waals surface area contributed by atoms with Crippen molar-refractivity contribution in [3.8, 4) is 0 Å². The minimum atomic E-state index is -3.61. The second kappa shape index (κ2) is 8.18. The summed E-state index contributed by atoms with van der Waals surface area (Å²) in [5.41, 5.74) is 3.06. The Morgan fingerprint density at radius 2 is 1.41 bits per heavy atom. The summed E-state index contributed by atoms with van der Waals surface area (Å²) in [6.07, 6.45) is 5.85. The van der Waals surface area contributed by atoms with Gasteiger partial charge in [0, 0.05) is 19.6 Å². The zero-order chi connectivity index (χ0) is 20.5. The van der Waals surface area contributed by atoms with Crippen LogP contribution < -0.4 is 4.72 Å². The fourth-order valence-corrected chi connectivity index (χ4v) is 6.60. The van der Waals surface area contributed by atoms with Crippen LogP contribution in [-0.2, 0) is 39.4 Å². The van der Waals surface area contributed by atoms with Gasteiger partial charge in [0.1, 0.15) is 0 Å². The van der Waals surface area contributed by atoms with Crippen LogP contribution in [0.2, 0.25) is 0 Å². The molecule has 1 aliphatic heterocycles. The van der Waals surface area contributed by atoms with Gasteiger partial charge in [-0.1, -0.05) is 24.6 Å². The van der Waals surface area contributed by atoms with E-state index < -0.39 is 20.0 Å². The summed E-state index contributed by atoms with van der Waals surface area (Å²) in [5.74, 6) is 0. The van der Waals surface area contributed by atoms with Gasteiger partial charge in [0.2, 0.25) is 20.0 Å². The number of nitrogens with one attached hydrogen (secondary N) is 1. The summed E-state index contributed by atoms with van der Waals surface area (Å²) in [4.78, 5) is 0.534. The van der Waals surface area contributed by atoms with Crippen LogP contribution in [-0.4, -0.2) is 34.2 Å². The third kappa shape index (κ3) is 4.40. The van der Waals surface area contributed by atoms with Crippen LogP contribution in [0.4, 0.5) is 0 Å². The highest BCUT2D eigenvalue weighted by atomic mass is 32.2. The van der Waals surface area contributed by atoms with E-state index in [1.165, 1.54) is 9.87 Å². The van der Waals surface area contributed by atoms with Crippen LogP contribution in [0.1, 0.15) is 42.4 Å². The number of nitrogens with zero attached hydrogens (tertiary/aromatic N) is 1. The average Bonchev–Trinajstić information content (AvgIpc) is 3.21. The van der Waals surface area contributed by atoms with Crippen LogP contribution >= 0.6 is 0 Å². The topological polar surface area (TPSA) is 83.5 Å². The van der Waals surface area contributed by atoms with Crippen molar-refractivity contribution in [2.45, 2.75) is 54.9 Å². The molecule has 0 atom stereocenters. The van der Waals surface area contributed by atoms with E-state index in [0.29, 0.717) is 18.7 Å². The summed E-state index contributed by atoms with van der Waals surface area (Å²) in [7, 11) is -7.09. The SMILES string of the molecule is O=S(=O)(NCc1ccc(S(=O)(=O)N2CCCCC2)cc1)c1ccc2c(c1)CCC2. The van der Waals surface area contributed by atoms with Crippen molar-refractivity contribution in [3.63, 3.8) is 0 Å². The number of hydrogen-bond acceptors (Lipinski definition) is 4. The zero-order valence-corrected chi connectivity index (χ0v) is 17.9. The normalized spacial score (nSPS) is 17.9. The Balaban J connectivity index is 1.43. The second-order valence-corrected chi connectivity index (χ2v) is 11.4. The molecule has 2 aromatic carbocycles. The smallest absolute Gasteiger partial charge is 0.207 e. The minimum absolute atomic E-state index is 0.115. The number of benzene rings is 2. The summed E-state index contributed by atoms with van der Waals surface area (Å²) in [5, 5.41) is 0. The second-order valence-electron chi connectivity index (χ2n) is 7.72. The van der Waals surface area contributed by atoms with Gasteiger partial charge in [-0.25, -0.2) is 21.6 Å². The molecule has 4 rings (SSSR count). The first-order chi connectivity index (χ1) is 13.9. The van der Waals surface area contributed by atoms with Crippen LogP contribution in [0.5, 0.6) is 0 Å². The third-order valence-electron chi connectivity index (χ3n) is 5.72. The lowest BCUT2D eigenvalue weighted by atomic mass is 10.1. The lowest BCUT2D eigenvalue weighted by Gasteiger charge is -2.25. The standard InChI is InChI=1S/C21H26N2O4S2/c24-28(25,21-12-9-18-5-4-6-19(18)15-21)22-16-17-7-10-20(11-8-17)29(26,27)23-13-2-1-3-14-23/h7-12,15,22H,1-6,13-14,16H2. The highest BCUT2D eigenvalue weighted by Crippen LogP contribution is 2.25. The lowest BCUT2D eigenvalue weighted by Crippen LogP contribution is -2.35. The average molecular weight is 435 g/mol. The highest BCUT2D eigenvalue weighted by Gasteiger charge is 2.25. The van der Waals surface area contributed by atoms with Gasteiger partial charge >= 0.3 is 0 Å². The van der Waals surface area contributed by atoms with Gasteiger partial charge in [-0.15, -0.1) is 0 Å². The van der Waals surface area contributed by atoms with Gasteiger partial charge in [0.25, 0.3) is 0 Å². The molecule has 0 aromatic heterocycles. The number of rotatable bonds is 6. The molecule has 1 N–H and O–H groups in total. The molecule has 0 bridgehead atoms. The molecule has 1 fully saturated rings. The molecule has 2 aliphatic rings. The molecule has 0 spiro atoms. The zero-order valence-electron chi connectivity index (χ0n) is 16.3. The number of fused-ring (bicyclic) bond motifs is 1. The predicted octanol–water partition coefficient (Wildman–Crippen LogP) is 2.83. The molecule has 8 heteroatoms. The fourth-order valence-electron chi connectivity index (χ4n) is 4.01. The Morgan fingerprint density at radius 3 is 2.14 bits per heavy atom. The third-order valence-corrected chi connectivity index (χ3v) is 9.03. The fraction of sp³-hybridized carbons (Fsp3) is 0.429. The highest BCUT2D eigenvalue weighted by molar-refractivity contribution is 7.89. The van der Waals surface area contributed by atoms with Crippen LogP contribution in [0.25, 0.3) is 0 Å². The molecular formula is C21H26N2O4S2. The van der Waals surface area contributed by atoms with Crippen molar-refractivity contribution < 1.29 is 16.8 Å². The predicted molar refractivity (Wildman–Crippen MR) is 112 cm³/mol. The van der Waals surface area contributed by atoms with E-state index >= 15 is 0 Å². The summed E-state index contributed by atoms with van der Waals surface area (Å²) < 4.78 is 54.8. The van der Waals surface area contributed by atoms with Crippen molar-refractivity contribution in [1.29, 1.82) is 0 Å². The molecule has 156 valence electrons. The summed E-state index contributed by atoms with van der Waals surface area (Å²) in [6, 6.07) is 11.8. The van der Waals surface area contributed by atoms with Gasteiger partial charge in [-0.05, 0) is 73.1 Å². The number of aryl methyl sites for hydroxylation is 2. The van der Waals surface area contributed by atoms with E-state index in [2.05, 4.69) is 4.72 Å². The van der Waals surface area contributed by atoms with Crippen molar-refractivity contribution in [2.75, 3.05) is 13.1 Å². The molecule has 0 radical (unpaired) electrons. The maximum atomic E-state index is 12.7. The van der Waals surface area contributed by atoms with Crippen molar-refractivity contribution in [2.24, 2.45) is 0 Å². The van der Waals surface area contributed by atoms with E-state index in [-0.39, 0.29) is 16.3 Å². The van der Waals surface area contributed by atoms with Crippen LogP contribution in [0.15, 0.2) is 52.3 Å². The van der Waals surface area contributed by atoms with Crippen LogP contribution in [0.3, 0.4) is 0 Å². The quantitative estimate of drug-likeness (QED) is 0.758. The van der Waals surface area contributed by atoms with Gasteiger partial charge in [0.15, 0.2) is 0 Å². The van der Waals surface area contributed by atoms with Gasteiger partial charge in [-0.2, -0.15) is 4.31 Å². The van der Waals surface area contributed by atoms with E-state index in [1.54, 1.807) is 36.4 Å². The number of piperidine rings is 1. The van der Waals surface area contributed by atoms with Gasteiger partial charge in [-0.3, -0.25) is 0 Å². The monoisotopic (exact) mass is 434 g/mol. The first-order valence-electron chi connectivity index (χ1n) is 10.1. The molecule has 6 nitrogen and oxygen atoms in total. The Morgan fingerprint density at radius 1 is 0.759 bits per heavy atom. The van der Waals surface area contributed by atoms with E-state index in [4.69, 9.17) is 0 Å². The molecule has 29 heavy (non-hydrogen) atoms. The number of sulfonamides is 2. The molecule has 0 unspecified atom stereocenters. The first kappa shape index (κ1) is 20.5. The maximum absolute atomic E-state index is 12.7. The largest absolute Gasteiger partial charge is 0.243 e. The van der Waals surface area contributed by atoms with Crippen molar-refractivity contribution in [1.82, 2.24) is 9.03 Å². The maximum Gasteiger partial charge on any atom is 0.243 e. The van der Waals surface area contributed by atoms with E-state index in [0.717, 1.165) is 44.1 Å². The van der Waals surface area contributed by atoms with Crippen LogP contribution in [0, 0.1) is 0 Å². The molecule has 1 saturated heterocycles. The molecule has 0 amide bonds. The van der Waals surface area contributed by atoms with Crippen molar-refractivity contribution >= 4 is 20.0 Å². The Kier molecular flexibility index (Phi) is 5.79. The van der Waals surface area contributed by atoms with E-state index in [9.17, 15) is 16.8 Å². The Labute approximate surface area is 173 Å². The summed E-state index contributed by atoms with van der Waals surface area (Å²) in [6.45, 7) is 1.23. The van der Waals surface area contributed by atoms with E-state index in [1.807, 2.05) is 6.07 Å². The molecule has 1 aliphatic carbocycles. The van der Waals surface area contributed by atoms with Gasteiger partial charge < -0.3 is 0 Å². The summed E-state index contributed by atoms with van der Waals surface area (Å²) >= 11 is 0. The Hall–Kier alpha value is -1.74. The number of hydrogen-bond donors (Lipinski definition) is 1. The Bertz CT molecular complexity index is 1090. The molecule has 0 saturated carbocycles. The molecule has 2 aromatic rings. The lowest BCUT2D eigenvalue weighted by molar-refractivity contribution is 0.346.